The fraction of sp³-hybridized carbons (Fsp3) is 0.627. The molecule has 368 valence electrons. The molecule has 0 radical (unpaired) electrons. The number of hydrogen-bond acceptors (Lipinski definition) is 8. The van der Waals surface area contributed by atoms with Gasteiger partial charge in [-0.1, -0.05) is 147 Å². The summed E-state index contributed by atoms with van der Waals surface area (Å²) in [7, 11) is 1.46. The number of nitrogens with two attached hydrogens (primary N) is 1. The van der Waals surface area contributed by atoms with E-state index in [0.29, 0.717) is 37.7 Å². The number of phenolic OH excluding ortho intramolecular Hbond substituents is 1. The fourth-order valence-corrected chi connectivity index (χ4v) is 7.74. The molecule has 0 aromatic heterocycles. The number of phenols is 1. The average Bonchev–Trinajstić information content (AvgIpc) is 3.28. The van der Waals surface area contributed by atoms with E-state index in [1.807, 2.05) is 19.9 Å². The summed E-state index contributed by atoms with van der Waals surface area (Å²) >= 11 is 0. The minimum Gasteiger partial charge on any atom is -0.508 e. The van der Waals surface area contributed by atoms with Crippen LogP contribution < -0.4 is 37.6 Å². The predicted octanol–water partition coefficient (Wildman–Crippen LogP) is 6.39. The van der Waals surface area contributed by atoms with Crippen molar-refractivity contribution in [1.29, 1.82) is 5.41 Å². The smallest absolute Gasteiger partial charge is 0.243 e. The molecule has 15 heteroatoms. The lowest BCUT2D eigenvalue weighted by Gasteiger charge is -2.27. The van der Waals surface area contributed by atoms with Gasteiger partial charge < -0.3 is 42.7 Å². The summed E-state index contributed by atoms with van der Waals surface area (Å²) in [5.41, 5.74) is 6.83. The second-order valence-corrected chi connectivity index (χ2v) is 18.1. The fourth-order valence-electron chi connectivity index (χ4n) is 7.74. The number of hydrogen-bond donors (Lipinski definition) is 9. The molecular weight excluding hydrogens is 837 g/mol. The third kappa shape index (κ3) is 24.7. The average molecular weight is 919 g/mol. The molecule has 5 atom stereocenters. The van der Waals surface area contributed by atoms with Crippen molar-refractivity contribution >= 4 is 41.3 Å². The second kappa shape index (κ2) is 33.1. The van der Waals surface area contributed by atoms with Crippen LogP contribution in [-0.2, 0) is 41.6 Å². The number of rotatable bonds is 35. The van der Waals surface area contributed by atoms with Gasteiger partial charge in [0.15, 0.2) is 0 Å². The third-order valence-electron chi connectivity index (χ3n) is 11.6. The summed E-state index contributed by atoms with van der Waals surface area (Å²) in [5, 5.41) is 33.9. The molecule has 2 aromatic rings. The second-order valence-electron chi connectivity index (χ2n) is 18.1. The van der Waals surface area contributed by atoms with Crippen molar-refractivity contribution < 1.29 is 33.9 Å². The van der Waals surface area contributed by atoms with E-state index in [9.17, 15) is 33.9 Å². The Morgan fingerprint density at radius 1 is 0.545 bits per heavy atom. The standard InChI is InChI=1S/C51H82N8O7/c1-6-7-8-9-10-11-12-13-14-15-16-17-21-28-46(61)56-42(33-36(2)3)49(64)55-37(4)47(62)58-43(35-39-29-31-40(60)32-30-39)51(66)59-44(34-38-24-19-18-20-25-38)50(65)57-41(48(63)54-5)26-22-23-27-45(52)53/h18-20,24-25,29-32,36-37,41-44,60H,6-17,21-23,26-28,33-35H2,1-5H3,(H3,52,53)(H,54,63)(H,55,64)(H,56,61)(H,57,65)(H,58,62)(H,59,66)/t37-,41-,42-,43-,44-/m0/s1. The summed E-state index contributed by atoms with van der Waals surface area (Å²) in [6.07, 6.45) is 18.0. The first-order valence-corrected chi connectivity index (χ1v) is 24.5. The van der Waals surface area contributed by atoms with Crippen LogP contribution in [0.4, 0.5) is 0 Å². The number of unbranched alkanes of at least 4 members (excludes halogenated alkanes) is 13. The Morgan fingerprint density at radius 3 is 1.53 bits per heavy atom. The van der Waals surface area contributed by atoms with Gasteiger partial charge in [-0.2, -0.15) is 0 Å². The van der Waals surface area contributed by atoms with Crippen molar-refractivity contribution in [1.82, 2.24) is 31.9 Å². The van der Waals surface area contributed by atoms with E-state index >= 15 is 0 Å². The number of carbonyl (C=O) groups is 6. The molecule has 0 spiro atoms. The maximum atomic E-state index is 14.2. The van der Waals surface area contributed by atoms with E-state index in [4.69, 9.17) is 11.1 Å². The minimum atomic E-state index is -1.24. The van der Waals surface area contributed by atoms with Crippen LogP contribution >= 0.6 is 0 Å². The van der Waals surface area contributed by atoms with Gasteiger partial charge in [-0.25, -0.2) is 0 Å². The van der Waals surface area contributed by atoms with Gasteiger partial charge in [0.1, 0.15) is 36.0 Å². The van der Waals surface area contributed by atoms with Gasteiger partial charge in [-0.05, 0) is 61.8 Å². The highest BCUT2D eigenvalue weighted by Crippen LogP contribution is 2.15. The van der Waals surface area contributed by atoms with Crippen LogP contribution in [0.3, 0.4) is 0 Å². The molecule has 0 fully saturated rings. The van der Waals surface area contributed by atoms with Gasteiger partial charge >= 0.3 is 0 Å². The largest absolute Gasteiger partial charge is 0.508 e. The van der Waals surface area contributed by atoms with Crippen LogP contribution in [0.25, 0.3) is 0 Å². The summed E-state index contributed by atoms with van der Waals surface area (Å²) in [4.78, 5) is 81.5. The summed E-state index contributed by atoms with van der Waals surface area (Å²) in [6, 6.07) is 9.86. The Bertz CT molecular complexity index is 1760. The highest BCUT2D eigenvalue weighted by molar-refractivity contribution is 5.96. The molecule has 2 aromatic carbocycles. The Labute approximate surface area is 394 Å². The number of benzene rings is 2. The quantitative estimate of drug-likeness (QED) is 0.0213. The summed E-state index contributed by atoms with van der Waals surface area (Å²) < 4.78 is 0. The Balaban J connectivity index is 2.12. The van der Waals surface area contributed by atoms with Crippen LogP contribution in [0.2, 0.25) is 0 Å². The molecule has 66 heavy (non-hydrogen) atoms. The molecule has 10 N–H and O–H groups in total. The Hall–Kier alpha value is -5.47. The Morgan fingerprint density at radius 2 is 1.02 bits per heavy atom. The molecule has 0 heterocycles. The SMILES string of the molecule is CCCCCCCCCCCCCCCC(=O)N[C@@H](CC(C)C)C(=O)N[C@@H](C)C(=O)N[C@@H](Cc1ccc(O)cc1)C(=O)N[C@@H](Cc1ccccc1)C(=O)N[C@@H](CCCCC(=N)N)C(=O)NC. The van der Waals surface area contributed by atoms with Crippen LogP contribution in [-0.4, -0.2) is 83.6 Å². The highest BCUT2D eigenvalue weighted by atomic mass is 16.3. The maximum Gasteiger partial charge on any atom is 0.243 e. The highest BCUT2D eigenvalue weighted by Gasteiger charge is 2.32. The number of aromatic hydroxyl groups is 1. The zero-order valence-corrected chi connectivity index (χ0v) is 40.5. The first-order chi connectivity index (χ1) is 31.6. The van der Waals surface area contributed by atoms with Crippen molar-refractivity contribution in [2.24, 2.45) is 11.7 Å². The molecule has 0 aliphatic carbocycles. The zero-order valence-electron chi connectivity index (χ0n) is 40.5. The van der Waals surface area contributed by atoms with E-state index in [0.717, 1.165) is 31.2 Å². The lowest BCUT2D eigenvalue weighted by Crippen LogP contribution is -2.59. The molecule has 0 unspecified atom stereocenters. The monoisotopic (exact) mass is 919 g/mol. The number of likely N-dealkylation sites (N-methyl/N-ethyl adjacent to an activating group) is 1. The van der Waals surface area contributed by atoms with E-state index in [2.05, 4.69) is 38.8 Å². The van der Waals surface area contributed by atoms with Crippen molar-refractivity contribution in [2.75, 3.05) is 7.05 Å². The van der Waals surface area contributed by atoms with Gasteiger partial charge in [0.2, 0.25) is 35.4 Å². The van der Waals surface area contributed by atoms with Gasteiger partial charge in [0.05, 0.1) is 5.84 Å². The maximum absolute atomic E-state index is 14.2. The molecule has 0 bridgehead atoms. The molecule has 0 saturated carbocycles. The van der Waals surface area contributed by atoms with Crippen molar-refractivity contribution in [3.63, 3.8) is 0 Å². The van der Waals surface area contributed by atoms with Crippen molar-refractivity contribution in [3.8, 4) is 5.75 Å². The van der Waals surface area contributed by atoms with Crippen LogP contribution in [0.1, 0.15) is 161 Å². The van der Waals surface area contributed by atoms with E-state index in [1.54, 1.807) is 36.4 Å². The van der Waals surface area contributed by atoms with Gasteiger partial charge in [0.25, 0.3) is 0 Å². The number of nitrogens with one attached hydrogen (secondary N) is 7. The van der Waals surface area contributed by atoms with Gasteiger partial charge in [-0.15, -0.1) is 0 Å². The first kappa shape index (κ1) is 56.7. The molecule has 6 amide bonds. The molecular formula is C51H82N8O7. The summed E-state index contributed by atoms with van der Waals surface area (Å²) in [6.45, 7) is 7.62. The summed E-state index contributed by atoms with van der Waals surface area (Å²) in [5.74, 6) is -3.02. The first-order valence-electron chi connectivity index (χ1n) is 24.5. The normalized spacial score (nSPS) is 13.4. The van der Waals surface area contributed by atoms with Crippen LogP contribution in [0.5, 0.6) is 5.75 Å². The molecule has 0 aliphatic heterocycles. The van der Waals surface area contributed by atoms with Gasteiger partial charge in [-0.3, -0.25) is 34.2 Å². The molecule has 15 nitrogen and oxygen atoms in total. The van der Waals surface area contributed by atoms with Crippen LogP contribution in [0.15, 0.2) is 54.6 Å². The number of amides is 6. The molecule has 0 aliphatic rings. The Kier molecular flexibility index (Phi) is 28.4. The van der Waals surface area contributed by atoms with Crippen molar-refractivity contribution in [2.45, 2.75) is 193 Å². The molecule has 0 saturated heterocycles. The predicted molar refractivity (Wildman–Crippen MR) is 262 cm³/mol. The van der Waals surface area contributed by atoms with E-state index < -0.39 is 59.7 Å². The lowest BCUT2D eigenvalue weighted by atomic mass is 10.0. The molecule has 2 rings (SSSR count). The third-order valence-corrected chi connectivity index (χ3v) is 11.6. The topological polar surface area (TPSA) is 245 Å². The van der Waals surface area contributed by atoms with Crippen LogP contribution in [0, 0.1) is 11.3 Å². The zero-order chi connectivity index (χ0) is 48.7. The van der Waals surface area contributed by atoms with Crippen molar-refractivity contribution in [3.05, 3.63) is 65.7 Å². The number of carbonyl (C=O) groups excluding carboxylic acids is 6. The van der Waals surface area contributed by atoms with E-state index in [-0.39, 0.29) is 42.7 Å². The number of amidine groups is 1. The lowest BCUT2D eigenvalue weighted by molar-refractivity contribution is -0.135. The van der Waals surface area contributed by atoms with Gasteiger partial charge in [0, 0.05) is 32.7 Å². The minimum absolute atomic E-state index is 0.0130. The van der Waals surface area contributed by atoms with E-state index in [1.165, 1.54) is 83.9 Å².